The number of nitrogens with zero attached hydrogens (tertiary/aromatic N) is 4. The summed E-state index contributed by atoms with van der Waals surface area (Å²) in [5, 5.41) is 3.48. The van der Waals surface area contributed by atoms with Gasteiger partial charge in [-0.1, -0.05) is 0 Å². The van der Waals surface area contributed by atoms with Gasteiger partial charge in [-0.3, -0.25) is 4.79 Å². The highest BCUT2D eigenvalue weighted by Crippen LogP contribution is 2.44. The Balaban J connectivity index is 1.20. The third-order valence-corrected chi connectivity index (χ3v) is 8.84. The number of esters is 2. The summed E-state index contributed by atoms with van der Waals surface area (Å²) in [7, 11) is 0. The predicted octanol–water partition coefficient (Wildman–Crippen LogP) is 4.33. The van der Waals surface area contributed by atoms with Gasteiger partial charge in [0.1, 0.15) is 23.9 Å². The first kappa shape index (κ1) is 30.1. The van der Waals surface area contributed by atoms with E-state index in [0.29, 0.717) is 30.9 Å². The standard InChI is InChI=1S/C32H45N5O5/c1-20(33-18-25-17-27(36-13-7-8-14-36)35-31(34-25)37-15-9-10-16-37)19-40-30(39)32(6)12-11-26-23(4)28(41-24(5)38)21(2)22(3)29(26)42-32/h17,20,33H,7-16,18-19H2,1-6H3. The van der Waals surface area contributed by atoms with Crippen LogP contribution < -0.4 is 24.6 Å². The number of benzene rings is 1. The van der Waals surface area contributed by atoms with Crippen LogP contribution in [0.1, 0.15) is 80.8 Å². The van der Waals surface area contributed by atoms with Crippen molar-refractivity contribution in [1.82, 2.24) is 15.3 Å². The maximum Gasteiger partial charge on any atom is 0.350 e. The molecule has 2 saturated heterocycles. The molecule has 3 aliphatic heterocycles. The van der Waals surface area contributed by atoms with E-state index < -0.39 is 5.60 Å². The second-order valence-corrected chi connectivity index (χ2v) is 12.2. The fraction of sp³-hybridized carbons (Fsp3) is 0.625. The van der Waals surface area contributed by atoms with Gasteiger partial charge in [-0.05, 0) is 83.4 Å². The summed E-state index contributed by atoms with van der Waals surface area (Å²) in [6.45, 7) is 15.8. The van der Waals surface area contributed by atoms with E-state index in [-0.39, 0.29) is 24.6 Å². The molecule has 42 heavy (non-hydrogen) atoms. The maximum absolute atomic E-state index is 13.3. The van der Waals surface area contributed by atoms with Gasteiger partial charge in [-0.15, -0.1) is 0 Å². The summed E-state index contributed by atoms with van der Waals surface area (Å²) in [6.07, 6.45) is 5.85. The number of fused-ring (bicyclic) bond motifs is 1. The molecule has 2 aromatic rings. The lowest BCUT2D eigenvalue weighted by molar-refractivity contribution is -0.163. The lowest BCUT2D eigenvalue weighted by Crippen LogP contribution is -2.47. The Bertz CT molecular complexity index is 1300. The number of carbonyl (C=O) groups is 2. The molecule has 2 atom stereocenters. The van der Waals surface area contributed by atoms with E-state index in [1.807, 2.05) is 27.7 Å². The van der Waals surface area contributed by atoms with Gasteiger partial charge in [0.05, 0.1) is 5.69 Å². The number of nitrogens with one attached hydrogen (secondary N) is 1. The zero-order chi connectivity index (χ0) is 30.0. The molecule has 0 aliphatic carbocycles. The molecule has 1 aromatic heterocycles. The average Bonchev–Trinajstić information content (AvgIpc) is 3.71. The Labute approximate surface area is 249 Å². The quantitative estimate of drug-likeness (QED) is 0.341. The summed E-state index contributed by atoms with van der Waals surface area (Å²) in [5.74, 6) is 2.35. The minimum atomic E-state index is -1.10. The van der Waals surface area contributed by atoms with E-state index >= 15 is 0 Å². The Morgan fingerprint density at radius 3 is 2.36 bits per heavy atom. The molecule has 0 saturated carbocycles. The highest BCUT2D eigenvalue weighted by molar-refractivity contribution is 5.81. The van der Waals surface area contributed by atoms with Gasteiger partial charge in [-0.25, -0.2) is 9.78 Å². The third-order valence-electron chi connectivity index (χ3n) is 8.84. The van der Waals surface area contributed by atoms with Crippen LogP contribution in [-0.4, -0.2) is 66.3 Å². The first-order valence-corrected chi connectivity index (χ1v) is 15.3. The molecule has 228 valence electrons. The van der Waals surface area contributed by atoms with E-state index in [2.05, 4.69) is 21.2 Å². The summed E-state index contributed by atoms with van der Waals surface area (Å²) < 4.78 is 17.6. The fourth-order valence-electron chi connectivity index (χ4n) is 6.09. The largest absolute Gasteiger partial charge is 0.475 e. The molecule has 10 heteroatoms. The SMILES string of the molecule is CC(=O)Oc1c(C)c(C)c2c(c1C)CCC(C)(C(=O)OCC(C)NCc1cc(N3CCCC3)nc(N3CCCC3)n1)O2. The number of rotatable bonds is 9. The van der Waals surface area contributed by atoms with Crippen molar-refractivity contribution < 1.29 is 23.8 Å². The lowest BCUT2D eigenvalue weighted by atomic mass is 9.87. The van der Waals surface area contributed by atoms with Gasteiger partial charge in [0.2, 0.25) is 11.5 Å². The van der Waals surface area contributed by atoms with Crippen molar-refractivity contribution in [2.75, 3.05) is 42.6 Å². The average molecular weight is 580 g/mol. The number of hydrogen-bond acceptors (Lipinski definition) is 10. The predicted molar refractivity (Wildman–Crippen MR) is 162 cm³/mol. The van der Waals surface area contributed by atoms with Crippen LogP contribution >= 0.6 is 0 Å². The van der Waals surface area contributed by atoms with Gasteiger partial charge in [0, 0.05) is 63.7 Å². The van der Waals surface area contributed by atoms with Crippen molar-refractivity contribution in [1.29, 1.82) is 0 Å². The molecule has 10 nitrogen and oxygen atoms in total. The van der Waals surface area contributed by atoms with Gasteiger partial charge in [-0.2, -0.15) is 4.98 Å². The van der Waals surface area contributed by atoms with Crippen molar-refractivity contribution in [3.05, 3.63) is 34.0 Å². The van der Waals surface area contributed by atoms with Crippen LogP contribution in [0.15, 0.2) is 6.07 Å². The molecule has 0 radical (unpaired) electrons. The molecule has 2 unspecified atom stereocenters. The minimum absolute atomic E-state index is 0.0774. The van der Waals surface area contributed by atoms with Crippen LogP contribution in [-0.2, 0) is 27.3 Å². The van der Waals surface area contributed by atoms with E-state index in [9.17, 15) is 9.59 Å². The van der Waals surface area contributed by atoms with Crippen molar-refractivity contribution in [2.24, 2.45) is 0 Å². The first-order valence-electron chi connectivity index (χ1n) is 15.3. The van der Waals surface area contributed by atoms with Gasteiger partial charge in [0.25, 0.3) is 0 Å². The molecular weight excluding hydrogens is 534 g/mol. The highest BCUT2D eigenvalue weighted by atomic mass is 16.6. The number of carbonyl (C=O) groups excluding carboxylic acids is 2. The van der Waals surface area contributed by atoms with Crippen LogP contribution in [0.3, 0.4) is 0 Å². The molecule has 1 aromatic carbocycles. The summed E-state index contributed by atoms with van der Waals surface area (Å²) in [5.41, 5.74) is 3.40. The van der Waals surface area contributed by atoms with Crippen molar-refractivity contribution in [3.8, 4) is 11.5 Å². The molecule has 2 fully saturated rings. The summed E-state index contributed by atoms with van der Waals surface area (Å²) in [4.78, 5) is 39.4. The van der Waals surface area contributed by atoms with Crippen molar-refractivity contribution >= 4 is 23.7 Å². The number of aromatic nitrogens is 2. The molecule has 1 N–H and O–H groups in total. The Kier molecular flexibility index (Phi) is 8.92. The lowest BCUT2D eigenvalue weighted by Gasteiger charge is -2.36. The molecule has 4 heterocycles. The monoisotopic (exact) mass is 579 g/mol. The number of anilines is 2. The van der Waals surface area contributed by atoms with Crippen LogP contribution in [0.2, 0.25) is 0 Å². The minimum Gasteiger partial charge on any atom is -0.475 e. The van der Waals surface area contributed by atoms with Gasteiger partial charge >= 0.3 is 11.9 Å². The molecule has 0 bridgehead atoms. The fourth-order valence-corrected chi connectivity index (χ4v) is 6.09. The third kappa shape index (κ3) is 6.33. The summed E-state index contributed by atoms with van der Waals surface area (Å²) >= 11 is 0. The van der Waals surface area contributed by atoms with Crippen LogP contribution in [0.5, 0.6) is 11.5 Å². The van der Waals surface area contributed by atoms with E-state index in [1.54, 1.807) is 6.92 Å². The summed E-state index contributed by atoms with van der Waals surface area (Å²) in [6, 6.07) is 2.01. The topological polar surface area (TPSA) is 106 Å². The smallest absolute Gasteiger partial charge is 0.350 e. The van der Waals surface area contributed by atoms with E-state index in [0.717, 1.165) is 65.9 Å². The molecule has 0 spiro atoms. The van der Waals surface area contributed by atoms with Crippen LogP contribution in [0.25, 0.3) is 0 Å². The number of hydrogen-bond donors (Lipinski definition) is 1. The second kappa shape index (κ2) is 12.5. The van der Waals surface area contributed by atoms with Crippen molar-refractivity contribution in [2.45, 2.75) is 98.3 Å². The van der Waals surface area contributed by atoms with E-state index in [1.165, 1.54) is 32.6 Å². The van der Waals surface area contributed by atoms with Crippen LogP contribution in [0.4, 0.5) is 11.8 Å². The number of ether oxygens (including phenoxy) is 3. The normalized spacial score (nSPS) is 20.7. The van der Waals surface area contributed by atoms with E-state index in [4.69, 9.17) is 24.2 Å². The zero-order valence-corrected chi connectivity index (χ0v) is 26.0. The van der Waals surface area contributed by atoms with Gasteiger partial charge in [0.15, 0.2) is 0 Å². The Morgan fingerprint density at radius 2 is 1.69 bits per heavy atom. The molecule has 3 aliphatic rings. The second-order valence-electron chi connectivity index (χ2n) is 12.2. The Morgan fingerprint density at radius 1 is 1.02 bits per heavy atom. The first-order chi connectivity index (χ1) is 20.1. The van der Waals surface area contributed by atoms with Crippen LogP contribution in [0, 0.1) is 20.8 Å². The molecule has 5 rings (SSSR count). The van der Waals surface area contributed by atoms with Gasteiger partial charge < -0.3 is 29.3 Å². The zero-order valence-electron chi connectivity index (χ0n) is 26.0. The maximum atomic E-state index is 13.3. The Hall–Kier alpha value is -3.40. The molecule has 0 amide bonds. The molecular formula is C32H45N5O5. The van der Waals surface area contributed by atoms with Crippen molar-refractivity contribution in [3.63, 3.8) is 0 Å². The highest BCUT2D eigenvalue weighted by Gasteiger charge is 2.42.